The number of amides is 2. The lowest BCUT2D eigenvalue weighted by atomic mass is 10.0. The Labute approximate surface area is 153 Å². The third-order valence-corrected chi connectivity index (χ3v) is 4.49. The average molecular weight is 352 g/mol. The maximum atomic E-state index is 12.5. The topological polar surface area (TPSA) is 67.4 Å². The first kappa shape index (κ1) is 18.0. The van der Waals surface area contributed by atoms with Crippen LogP contribution in [0.2, 0.25) is 0 Å². The van der Waals surface area contributed by atoms with Crippen molar-refractivity contribution in [2.75, 3.05) is 0 Å². The fourth-order valence-corrected chi connectivity index (χ4v) is 2.85. The molecule has 136 valence electrons. The number of hydrogen-bond donors (Lipinski definition) is 2. The molecule has 1 aliphatic carbocycles. The van der Waals surface area contributed by atoms with Gasteiger partial charge in [-0.25, -0.2) is 4.79 Å². The Hall–Kier alpha value is -2.82. The molecule has 26 heavy (non-hydrogen) atoms. The van der Waals surface area contributed by atoms with Crippen LogP contribution in [0.4, 0.5) is 4.79 Å². The lowest BCUT2D eigenvalue weighted by molar-refractivity contribution is -0.123. The Morgan fingerprint density at radius 1 is 1.00 bits per heavy atom. The quantitative estimate of drug-likeness (QED) is 0.800. The van der Waals surface area contributed by atoms with Crippen molar-refractivity contribution in [3.05, 3.63) is 71.8 Å². The van der Waals surface area contributed by atoms with Crippen LogP contribution >= 0.6 is 0 Å². The van der Waals surface area contributed by atoms with Gasteiger partial charge in [-0.3, -0.25) is 4.79 Å². The molecule has 5 nitrogen and oxygen atoms in total. The molecule has 2 aromatic carbocycles. The molecular formula is C21H24N2O3. The van der Waals surface area contributed by atoms with E-state index in [-0.39, 0.29) is 18.6 Å². The number of carbonyl (C=O) groups excluding carboxylic acids is 2. The zero-order valence-electron chi connectivity index (χ0n) is 14.9. The van der Waals surface area contributed by atoms with Crippen LogP contribution in [-0.4, -0.2) is 18.0 Å². The Morgan fingerprint density at radius 2 is 1.62 bits per heavy atom. The Bertz CT molecular complexity index is 729. The van der Waals surface area contributed by atoms with Gasteiger partial charge in [0.2, 0.25) is 5.91 Å². The lowest BCUT2D eigenvalue weighted by Crippen LogP contribution is -2.46. The maximum absolute atomic E-state index is 12.5. The molecule has 5 heteroatoms. The molecule has 3 rings (SSSR count). The number of benzene rings is 2. The van der Waals surface area contributed by atoms with Gasteiger partial charge in [-0.05, 0) is 36.8 Å². The highest BCUT2D eigenvalue weighted by molar-refractivity contribution is 5.85. The first-order valence-electron chi connectivity index (χ1n) is 8.96. The van der Waals surface area contributed by atoms with Gasteiger partial charge >= 0.3 is 6.09 Å². The molecule has 0 spiro atoms. The van der Waals surface area contributed by atoms with Crippen LogP contribution in [0.1, 0.15) is 36.9 Å². The Morgan fingerprint density at radius 3 is 2.23 bits per heavy atom. The van der Waals surface area contributed by atoms with Crippen LogP contribution in [0.15, 0.2) is 60.7 Å². The van der Waals surface area contributed by atoms with Crippen LogP contribution in [0.5, 0.6) is 0 Å². The zero-order valence-corrected chi connectivity index (χ0v) is 14.9. The summed E-state index contributed by atoms with van der Waals surface area (Å²) in [5, 5.41) is 5.66. The van der Waals surface area contributed by atoms with Crippen LogP contribution in [-0.2, 0) is 16.1 Å². The fraction of sp³-hybridized carbons (Fsp3) is 0.333. The van der Waals surface area contributed by atoms with Crippen LogP contribution in [0, 0.1) is 5.92 Å². The van der Waals surface area contributed by atoms with E-state index < -0.39 is 12.1 Å². The lowest BCUT2D eigenvalue weighted by Gasteiger charge is -2.21. The number of alkyl carbamates (subject to hydrolysis) is 1. The third kappa shape index (κ3) is 5.09. The molecule has 2 atom stereocenters. The average Bonchev–Trinajstić information content (AvgIpc) is 3.51. The molecule has 0 heterocycles. The SMILES string of the molecule is CC(NC(=O)OCc1ccccc1)C(=O)NC(c1ccccc1)C1CC1. The number of rotatable bonds is 7. The van der Waals surface area contributed by atoms with Gasteiger partial charge in [0.25, 0.3) is 0 Å². The molecule has 1 fully saturated rings. The Kier molecular flexibility index (Phi) is 5.89. The van der Waals surface area contributed by atoms with Crippen molar-refractivity contribution in [2.45, 2.75) is 38.5 Å². The van der Waals surface area contributed by atoms with E-state index in [0.717, 1.165) is 24.0 Å². The van der Waals surface area contributed by atoms with Gasteiger partial charge in [0.1, 0.15) is 12.6 Å². The van der Waals surface area contributed by atoms with Crippen LogP contribution in [0.3, 0.4) is 0 Å². The van der Waals surface area contributed by atoms with Crippen molar-refractivity contribution in [1.82, 2.24) is 10.6 Å². The largest absolute Gasteiger partial charge is 0.445 e. The van der Waals surface area contributed by atoms with Crippen molar-refractivity contribution in [3.8, 4) is 0 Å². The molecular weight excluding hydrogens is 328 g/mol. The molecule has 0 aliphatic heterocycles. The van der Waals surface area contributed by atoms with E-state index in [1.807, 2.05) is 60.7 Å². The predicted molar refractivity (Wildman–Crippen MR) is 99.3 cm³/mol. The molecule has 1 saturated carbocycles. The highest BCUT2D eigenvalue weighted by atomic mass is 16.5. The molecule has 1 aliphatic rings. The van der Waals surface area contributed by atoms with Gasteiger partial charge in [0.15, 0.2) is 0 Å². The first-order valence-corrected chi connectivity index (χ1v) is 8.96. The summed E-state index contributed by atoms with van der Waals surface area (Å²) in [5.74, 6) is 0.265. The highest BCUT2D eigenvalue weighted by Gasteiger charge is 2.34. The molecule has 0 aromatic heterocycles. The number of carbonyl (C=O) groups is 2. The first-order chi connectivity index (χ1) is 12.6. The maximum Gasteiger partial charge on any atom is 0.408 e. The summed E-state index contributed by atoms with van der Waals surface area (Å²) in [4.78, 5) is 24.4. The highest BCUT2D eigenvalue weighted by Crippen LogP contribution is 2.40. The molecule has 2 amide bonds. The van der Waals surface area contributed by atoms with E-state index >= 15 is 0 Å². The van der Waals surface area contributed by atoms with Gasteiger partial charge in [0, 0.05) is 0 Å². The standard InChI is InChI=1S/C21H24N2O3/c1-15(22-21(25)26-14-16-8-4-2-5-9-16)20(24)23-19(18-12-13-18)17-10-6-3-7-11-17/h2-11,15,18-19H,12-14H2,1H3,(H,22,25)(H,23,24). The number of ether oxygens (including phenoxy) is 1. The zero-order chi connectivity index (χ0) is 18.4. The van der Waals surface area contributed by atoms with Crippen LogP contribution < -0.4 is 10.6 Å². The van der Waals surface area contributed by atoms with Crippen molar-refractivity contribution in [1.29, 1.82) is 0 Å². The van der Waals surface area contributed by atoms with Gasteiger partial charge in [0.05, 0.1) is 6.04 Å². The Balaban J connectivity index is 1.49. The van der Waals surface area contributed by atoms with Gasteiger partial charge in [-0.2, -0.15) is 0 Å². The molecule has 2 unspecified atom stereocenters. The summed E-state index contributed by atoms with van der Waals surface area (Å²) in [6.07, 6.45) is 1.63. The summed E-state index contributed by atoms with van der Waals surface area (Å²) in [6, 6.07) is 18.7. The summed E-state index contributed by atoms with van der Waals surface area (Å²) in [7, 11) is 0. The van der Waals surface area contributed by atoms with E-state index in [1.165, 1.54) is 0 Å². The molecule has 0 saturated heterocycles. The summed E-state index contributed by atoms with van der Waals surface area (Å²) in [6.45, 7) is 1.84. The second-order valence-corrected chi connectivity index (χ2v) is 6.66. The summed E-state index contributed by atoms with van der Waals surface area (Å²) in [5.41, 5.74) is 2.00. The van der Waals surface area contributed by atoms with Gasteiger partial charge in [-0.1, -0.05) is 60.7 Å². The van der Waals surface area contributed by atoms with Crippen molar-refractivity contribution < 1.29 is 14.3 Å². The van der Waals surface area contributed by atoms with Crippen molar-refractivity contribution in [2.24, 2.45) is 5.92 Å². The molecule has 2 N–H and O–H groups in total. The number of hydrogen-bond acceptors (Lipinski definition) is 3. The fourth-order valence-electron chi connectivity index (χ4n) is 2.85. The number of nitrogens with one attached hydrogen (secondary N) is 2. The molecule has 0 bridgehead atoms. The van der Waals surface area contributed by atoms with E-state index in [2.05, 4.69) is 10.6 Å². The van der Waals surface area contributed by atoms with Crippen LogP contribution in [0.25, 0.3) is 0 Å². The minimum absolute atomic E-state index is 0.00621. The predicted octanol–water partition coefficient (Wildman–Crippen LogP) is 3.57. The minimum atomic E-state index is -0.664. The summed E-state index contributed by atoms with van der Waals surface area (Å²) >= 11 is 0. The van der Waals surface area contributed by atoms with E-state index in [9.17, 15) is 9.59 Å². The molecule has 2 aromatic rings. The molecule has 0 radical (unpaired) electrons. The van der Waals surface area contributed by atoms with E-state index in [1.54, 1.807) is 6.92 Å². The summed E-state index contributed by atoms with van der Waals surface area (Å²) < 4.78 is 5.17. The second-order valence-electron chi connectivity index (χ2n) is 6.66. The minimum Gasteiger partial charge on any atom is -0.445 e. The van der Waals surface area contributed by atoms with Crippen molar-refractivity contribution >= 4 is 12.0 Å². The monoisotopic (exact) mass is 352 g/mol. The van der Waals surface area contributed by atoms with Gasteiger partial charge < -0.3 is 15.4 Å². The second kappa shape index (κ2) is 8.52. The van der Waals surface area contributed by atoms with Crippen molar-refractivity contribution in [3.63, 3.8) is 0 Å². The third-order valence-electron chi connectivity index (χ3n) is 4.49. The smallest absolute Gasteiger partial charge is 0.408 e. The van der Waals surface area contributed by atoms with E-state index in [4.69, 9.17) is 4.74 Å². The van der Waals surface area contributed by atoms with Gasteiger partial charge in [-0.15, -0.1) is 0 Å². The normalized spacial score (nSPS) is 15.6. The van der Waals surface area contributed by atoms with E-state index in [0.29, 0.717) is 5.92 Å².